The zero-order valence-electron chi connectivity index (χ0n) is 16.4. The lowest BCUT2D eigenvalue weighted by atomic mass is 10.2. The largest absolute Gasteiger partial charge is 0.325 e. The summed E-state index contributed by atoms with van der Waals surface area (Å²) in [5, 5.41) is 2.95. The van der Waals surface area contributed by atoms with Gasteiger partial charge in [-0.25, -0.2) is 8.42 Å². The van der Waals surface area contributed by atoms with Crippen molar-refractivity contribution in [2.45, 2.75) is 28.9 Å². The normalized spacial score (nSPS) is 12.2. The van der Waals surface area contributed by atoms with E-state index in [4.69, 9.17) is 11.6 Å². The molecule has 0 saturated carbocycles. The van der Waals surface area contributed by atoms with Crippen molar-refractivity contribution < 1.29 is 13.2 Å². The van der Waals surface area contributed by atoms with E-state index in [1.807, 2.05) is 38.1 Å². The summed E-state index contributed by atoms with van der Waals surface area (Å²) in [5.74, 6) is -0.159. The molecule has 0 heterocycles. The standard InChI is InChI=1S/C22H21ClN2O3S2/c1-15-6-10-20(11-7-15)29-16(2)22(26)24-18-8-12-21(13-9-18)30(27,28)25-19-5-3-4-17(23)14-19/h3-14,16,25H,1-2H3,(H,24,26)/t16-/m1/s1. The summed E-state index contributed by atoms with van der Waals surface area (Å²) in [4.78, 5) is 13.6. The minimum Gasteiger partial charge on any atom is -0.325 e. The van der Waals surface area contributed by atoms with E-state index in [1.54, 1.807) is 30.3 Å². The molecule has 30 heavy (non-hydrogen) atoms. The molecular formula is C22H21ClN2O3S2. The molecule has 8 heteroatoms. The molecule has 1 atom stereocenters. The Hall–Kier alpha value is -2.48. The summed E-state index contributed by atoms with van der Waals surface area (Å²) in [7, 11) is -3.76. The highest BCUT2D eigenvalue weighted by molar-refractivity contribution is 8.00. The lowest BCUT2D eigenvalue weighted by molar-refractivity contribution is -0.115. The number of amides is 1. The second kappa shape index (κ2) is 9.55. The topological polar surface area (TPSA) is 75.3 Å². The zero-order valence-corrected chi connectivity index (χ0v) is 18.8. The van der Waals surface area contributed by atoms with Gasteiger partial charge in [0.1, 0.15) is 0 Å². The molecule has 0 unspecified atom stereocenters. The third-order valence-corrected chi connectivity index (χ3v) is 6.96. The highest BCUT2D eigenvalue weighted by Crippen LogP contribution is 2.25. The number of anilines is 2. The van der Waals surface area contributed by atoms with Gasteiger partial charge in [0.25, 0.3) is 10.0 Å². The van der Waals surface area contributed by atoms with E-state index in [1.165, 1.54) is 30.0 Å². The molecule has 0 bridgehead atoms. The molecule has 3 rings (SSSR count). The molecule has 5 nitrogen and oxygen atoms in total. The number of carbonyl (C=O) groups is 1. The molecule has 3 aromatic carbocycles. The van der Waals surface area contributed by atoms with Crippen LogP contribution in [0.4, 0.5) is 11.4 Å². The maximum atomic E-state index is 12.5. The first-order valence-electron chi connectivity index (χ1n) is 9.15. The van der Waals surface area contributed by atoms with E-state index in [-0.39, 0.29) is 16.1 Å². The monoisotopic (exact) mass is 460 g/mol. The van der Waals surface area contributed by atoms with Gasteiger partial charge in [-0.2, -0.15) is 0 Å². The van der Waals surface area contributed by atoms with Crippen molar-refractivity contribution in [1.82, 2.24) is 0 Å². The van der Waals surface area contributed by atoms with Gasteiger partial charge in [0.15, 0.2) is 0 Å². The minimum absolute atomic E-state index is 0.0857. The molecule has 0 aliphatic heterocycles. The highest BCUT2D eigenvalue weighted by atomic mass is 35.5. The third kappa shape index (κ3) is 6.01. The average molecular weight is 461 g/mol. The maximum Gasteiger partial charge on any atom is 0.261 e. The Morgan fingerprint density at radius 2 is 1.63 bits per heavy atom. The van der Waals surface area contributed by atoms with Crippen LogP contribution in [-0.2, 0) is 14.8 Å². The van der Waals surface area contributed by atoms with Gasteiger partial charge in [-0.15, -0.1) is 11.8 Å². The van der Waals surface area contributed by atoms with E-state index in [9.17, 15) is 13.2 Å². The van der Waals surface area contributed by atoms with E-state index < -0.39 is 10.0 Å². The zero-order chi connectivity index (χ0) is 21.7. The van der Waals surface area contributed by atoms with E-state index in [0.29, 0.717) is 16.4 Å². The Balaban J connectivity index is 1.63. The van der Waals surface area contributed by atoms with Crippen LogP contribution in [-0.4, -0.2) is 19.6 Å². The summed E-state index contributed by atoms with van der Waals surface area (Å²) in [6.45, 7) is 3.84. The molecule has 0 aliphatic rings. The van der Waals surface area contributed by atoms with Crippen molar-refractivity contribution >= 4 is 50.7 Å². The van der Waals surface area contributed by atoms with Crippen LogP contribution in [0, 0.1) is 6.92 Å². The fourth-order valence-corrected chi connectivity index (χ4v) is 4.71. The Morgan fingerprint density at radius 1 is 0.967 bits per heavy atom. The Morgan fingerprint density at radius 3 is 2.27 bits per heavy atom. The first-order chi connectivity index (χ1) is 14.2. The van der Waals surface area contributed by atoms with E-state index in [2.05, 4.69) is 10.0 Å². The number of halogens is 1. The van der Waals surface area contributed by atoms with Crippen molar-refractivity contribution in [3.05, 3.63) is 83.4 Å². The van der Waals surface area contributed by atoms with Crippen LogP contribution >= 0.6 is 23.4 Å². The SMILES string of the molecule is Cc1ccc(S[C@H](C)C(=O)Nc2ccc(S(=O)(=O)Nc3cccc(Cl)c3)cc2)cc1. The van der Waals surface area contributed by atoms with Gasteiger partial charge >= 0.3 is 0 Å². The van der Waals surface area contributed by atoms with E-state index in [0.717, 1.165) is 10.5 Å². The Labute approximate surface area is 185 Å². The number of thioether (sulfide) groups is 1. The smallest absolute Gasteiger partial charge is 0.261 e. The van der Waals surface area contributed by atoms with Crippen LogP contribution in [0.1, 0.15) is 12.5 Å². The average Bonchev–Trinajstić information content (AvgIpc) is 2.70. The van der Waals surface area contributed by atoms with Crippen molar-refractivity contribution in [1.29, 1.82) is 0 Å². The molecule has 0 spiro atoms. The van der Waals surface area contributed by atoms with Gasteiger partial charge in [0.05, 0.1) is 15.8 Å². The fourth-order valence-electron chi connectivity index (χ4n) is 2.60. The van der Waals surface area contributed by atoms with Gasteiger partial charge in [-0.1, -0.05) is 35.4 Å². The molecule has 0 aromatic heterocycles. The molecule has 0 fully saturated rings. The molecule has 0 saturated heterocycles. The van der Waals surface area contributed by atoms with Crippen molar-refractivity contribution in [2.75, 3.05) is 10.0 Å². The number of hydrogen-bond donors (Lipinski definition) is 2. The van der Waals surface area contributed by atoms with Gasteiger partial charge in [-0.05, 0) is 68.4 Å². The number of aryl methyl sites for hydroxylation is 1. The van der Waals surface area contributed by atoms with Crippen LogP contribution in [0.25, 0.3) is 0 Å². The van der Waals surface area contributed by atoms with Crippen molar-refractivity contribution in [3.63, 3.8) is 0 Å². The molecule has 2 N–H and O–H groups in total. The first-order valence-corrected chi connectivity index (χ1v) is 11.9. The van der Waals surface area contributed by atoms with Gasteiger partial charge < -0.3 is 5.32 Å². The van der Waals surface area contributed by atoms with Gasteiger partial charge in [-0.3, -0.25) is 9.52 Å². The summed E-state index contributed by atoms with van der Waals surface area (Å²) >= 11 is 7.36. The molecule has 3 aromatic rings. The number of benzene rings is 3. The second-order valence-electron chi connectivity index (χ2n) is 6.70. The van der Waals surface area contributed by atoms with E-state index >= 15 is 0 Å². The molecule has 0 aliphatic carbocycles. The van der Waals surface area contributed by atoms with Crippen molar-refractivity contribution in [3.8, 4) is 0 Å². The number of rotatable bonds is 7. The Bertz CT molecular complexity index is 1130. The summed E-state index contributed by atoms with van der Waals surface area (Å²) in [5.41, 5.74) is 2.07. The molecule has 1 amide bonds. The lowest BCUT2D eigenvalue weighted by Gasteiger charge is -2.13. The van der Waals surface area contributed by atoms with Crippen LogP contribution < -0.4 is 10.0 Å². The first kappa shape index (κ1) is 22.2. The molecule has 0 radical (unpaired) electrons. The number of hydrogen-bond acceptors (Lipinski definition) is 4. The number of sulfonamides is 1. The lowest BCUT2D eigenvalue weighted by Crippen LogP contribution is -2.22. The van der Waals surface area contributed by atoms with Gasteiger partial charge in [0, 0.05) is 15.6 Å². The van der Waals surface area contributed by atoms with Crippen LogP contribution in [0.15, 0.2) is 82.6 Å². The molecule has 156 valence electrons. The fraction of sp³-hybridized carbons (Fsp3) is 0.136. The van der Waals surface area contributed by atoms with Crippen molar-refractivity contribution in [2.24, 2.45) is 0 Å². The highest BCUT2D eigenvalue weighted by Gasteiger charge is 2.17. The predicted octanol–water partition coefficient (Wildman–Crippen LogP) is 5.57. The quantitative estimate of drug-likeness (QED) is 0.452. The summed E-state index contributed by atoms with van der Waals surface area (Å²) in [6.07, 6.45) is 0. The summed E-state index contributed by atoms with van der Waals surface area (Å²) < 4.78 is 27.6. The molecular weight excluding hydrogens is 440 g/mol. The Kier molecular flexibility index (Phi) is 7.07. The van der Waals surface area contributed by atoms with Crippen LogP contribution in [0.5, 0.6) is 0 Å². The number of carbonyl (C=O) groups excluding carboxylic acids is 1. The summed E-state index contributed by atoms with van der Waals surface area (Å²) in [6, 6.07) is 20.5. The van der Waals surface area contributed by atoms with Gasteiger partial charge in [0.2, 0.25) is 5.91 Å². The maximum absolute atomic E-state index is 12.5. The third-order valence-electron chi connectivity index (χ3n) is 4.21. The van der Waals surface area contributed by atoms with Crippen LogP contribution in [0.3, 0.4) is 0 Å². The second-order valence-corrected chi connectivity index (χ2v) is 10.2. The minimum atomic E-state index is -3.76. The van der Waals surface area contributed by atoms with Crippen LogP contribution in [0.2, 0.25) is 5.02 Å². The number of nitrogens with one attached hydrogen (secondary N) is 2. The predicted molar refractivity (Wildman–Crippen MR) is 124 cm³/mol.